The molecule has 3 fully saturated rings. The first-order chi connectivity index (χ1) is 15.6. The Bertz CT molecular complexity index is 1130. The van der Waals surface area contributed by atoms with Gasteiger partial charge in [-0.05, 0) is 60.7 Å². The molecule has 5 unspecified atom stereocenters. The topological polar surface area (TPSA) is 50.3 Å². The zero-order valence-electron chi connectivity index (χ0n) is 18.6. The number of hydrogen-bond acceptors (Lipinski definition) is 6. The van der Waals surface area contributed by atoms with Crippen LogP contribution in [-0.2, 0) is 4.74 Å². The van der Waals surface area contributed by atoms with E-state index in [1.165, 1.54) is 35.0 Å². The third kappa shape index (κ3) is 3.57. The van der Waals surface area contributed by atoms with E-state index in [4.69, 9.17) is 21.3 Å². The molecule has 5 atom stereocenters. The molecular formula is C25H29ClN4OS. The van der Waals surface area contributed by atoms with Gasteiger partial charge in [0.25, 0.3) is 0 Å². The van der Waals surface area contributed by atoms with Crippen molar-refractivity contribution < 1.29 is 4.74 Å². The quantitative estimate of drug-likeness (QED) is 0.548. The summed E-state index contributed by atoms with van der Waals surface area (Å²) in [4.78, 5) is 13.2. The lowest BCUT2D eigenvalue weighted by Gasteiger charge is -2.41. The van der Waals surface area contributed by atoms with Crippen molar-refractivity contribution in [1.29, 1.82) is 0 Å². The minimum absolute atomic E-state index is 0.260. The van der Waals surface area contributed by atoms with Crippen LogP contribution >= 0.6 is 22.9 Å². The third-order valence-corrected chi connectivity index (χ3v) is 8.67. The smallest absolute Gasteiger partial charge is 0.127 e. The summed E-state index contributed by atoms with van der Waals surface area (Å²) in [6, 6.07) is 10.3. The molecular weight excluding hydrogens is 440 g/mol. The van der Waals surface area contributed by atoms with Gasteiger partial charge in [0.1, 0.15) is 10.7 Å². The highest BCUT2D eigenvalue weighted by atomic mass is 35.5. The average Bonchev–Trinajstić information content (AvgIpc) is 3.36. The Labute approximate surface area is 198 Å². The fraction of sp³-hybridized carbons (Fsp3) is 0.520. The minimum Gasteiger partial charge on any atom is -0.383 e. The first-order valence-corrected chi connectivity index (χ1v) is 12.9. The van der Waals surface area contributed by atoms with Gasteiger partial charge in [-0.15, -0.1) is 11.3 Å². The largest absolute Gasteiger partial charge is 0.383 e. The van der Waals surface area contributed by atoms with Crippen LogP contribution in [0, 0.1) is 6.92 Å². The summed E-state index contributed by atoms with van der Waals surface area (Å²) in [5.41, 5.74) is 3.71. The number of ether oxygens (including phenoxy) is 1. The molecule has 3 aromatic rings. The molecule has 1 aliphatic carbocycles. The second-order valence-corrected chi connectivity index (χ2v) is 10.8. The summed E-state index contributed by atoms with van der Waals surface area (Å²) in [6.07, 6.45) is 3.63. The van der Waals surface area contributed by atoms with Gasteiger partial charge in [0, 0.05) is 48.6 Å². The summed E-state index contributed by atoms with van der Waals surface area (Å²) in [5, 5.41) is 7.78. The Morgan fingerprint density at radius 3 is 2.75 bits per heavy atom. The van der Waals surface area contributed by atoms with Gasteiger partial charge in [0.05, 0.1) is 18.3 Å². The third-order valence-electron chi connectivity index (χ3n) is 7.54. The average molecular weight is 469 g/mol. The van der Waals surface area contributed by atoms with Crippen LogP contribution in [0.25, 0.3) is 10.2 Å². The molecule has 0 radical (unpaired) electrons. The molecule has 0 amide bonds. The Kier molecular flexibility index (Phi) is 5.47. The maximum Gasteiger partial charge on any atom is 0.127 e. The molecule has 2 aromatic heterocycles. The summed E-state index contributed by atoms with van der Waals surface area (Å²) in [7, 11) is 1.80. The number of benzene rings is 1. The van der Waals surface area contributed by atoms with Crippen LogP contribution in [0.3, 0.4) is 0 Å². The van der Waals surface area contributed by atoms with Crippen molar-refractivity contribution in [1.82, 2.24) is 20.2 Å². The van der Waals surface area contributed by atoms with Gasteiger partial charge < -0.3 is 10.1 Å². The van der Waals surface area contributed by atoms with E-state index in [1.807, 2.05) is 6.92 Å². The van der Waals surface area contributed by atoms with E-state index in [0.717, 1.165) is 35.2 Å². The molecule has 2 aliphatic heterocycles. The first-order valence-electron chi connectivity index (χ1n) is 11.6. The SMILES string of the molecule is COCC(c1ccc(C2CC2c2nc(C)nc3sccc23)c(Cl)c1)N1C2CCC1CNC2. The molecule has 2 bridgehead atoms. The number of thiophene rings is 1. The van der Waals surface area contributed by atoms with E-state index in [0.29, 0.717) is 30.5 Å². The van der Waals surface area contributed by atoms with Crippen LogP contribution in [-0.4, -0.2) is 53.8 Å². The molecule has 7 heteroatoms. The van der Waals surface area contributed by atoms with Gasteiger partial charge in [0.15, 0.2) is 0 Å². The van der Waals surface area contributed by atoms with E-state index < -0.39 is 0 Å². The van der Waals surface area contributed by atoms with Crippen LogP contribution < -0.4 is 5.32 Å². The lowest BCUT2D eigenvalue weighted by Crippen LogP contribution is -2.53. The summed E-state index contributed by atoms with van der Waals surface area (Å²) < 4.78 is 5.67. The molecule has 5 nitrogen and oxygen atoms in total. The highest BCUT2D eigenvalue weighted by Crippen LogP contribution is 2.57. The van der Waals surface area contributed by atoms with E-state index in [1.54, 1.807) is 18.4 Å². The molecule has 1 aromatic carbocycles. The maximum absolute atomic E-state index is 6.91. The van der Waals surface area contributed by atoms with Crippen molar-refractivity contribution in [3.8, 4) is 0 Å². The molecule has 4 heterocycles. The van der Waals surface area contributed by atoms with E-state index in [2.05, 4.69) is 44.8 Å². The second kappa shape index (κ2) is 8.33. The van der Waals surface area contributed by atoms with E-state index >= 15 is 0 Å². The first kappa shape index (κ1) is 21.0. The van der Waals surface area contributed by atoms with Crippen molar-refractivity contribution in [3.63, 3.8) is 0 Å². The maximum atomic E-state index is 6.91. The number of piperazine rings is 1. The summed E-state index contributed by atoms with van der Waals surface area (Å²) in [5.74, 6) is 1.72. The number of methoxy groups -OCH3 is 1. The van der Waals surface area contributed by atoms with Gasteiger partial charge >= 0.3 is 0 Å². The van der Waals surface area contributed by atoms with Gasteiger partial charge in [-0.1, -0.05) is 23.7 Å². The van der Waals surface area contributed by atoms with E-state index in [9.17, 15) is 0 Å². The molecule has 168 valence electrons. The standard InChI is InChI=1S/C25H29ClN4OS/c1-14-28-24(19-7-8-32-25(19)29-14)21-10-20(21)18-6-3-15(9-22(18)26)23(13-31-2)30-16-4-5-17(30)12-27-11-16/h3,6-9,16-17,20-21,23,27H,4-5,10-13H2,1-2H3. The number of aryl methyl sites for hydroxylation is 1. The van der Waals surface area contributed by atoms with Gasteiger partial charge in [-0.25, -0.2) is 9.97 Å². The fourth-order valence-electron chi connectivity index (χ4n) is 6.00. The molecule has 1 N–H and O–H groups in total. The van der Waals surface area contributed by atoms with Crippen LogP contribution in [0.1, 0.15) is 59.8 Å². The molecule has 6 rings (SSSR count). The lowest BCUT2D eigenvalue weighted by molar-refractivity contribution is 0.0407. The predicted molar refractivity (Wildman–Crippen MR) is 130 cm³/mol. The number of fused-ring (bicyclic) bond motifs is 3. The monoisotopic (exact) mass is 468 g/mol. The van der Waals surface area contributed by atoms with Crippen molar-refractivity contribution in [3.05, 3.63) is 57.3 Å². The summed E-state index contributed by atoms with van der Waals surface area (Å²) in [6.45, 7) is 4.83. The van der Waals surface area contributed by atoms with Gasteiger partial charge in [0.2, 0.25) is 0 Å². The zero-order chi connectivity index (χ0) is 21.8. The van der Waals surface area contributed by atoms with Crippen molar-refractivity contribution in [2.24, 2.45) is 0 Å². The molecule has 0 spiro atoms. The number of nitrogens with zero attached hydrogens (tertiary/aromatic N) is 3. The minimum atomic E-state index is 0.260. The van der Waals surface area contributed by atoms with Gasteiger partial charge in [-0.2, -0.15) is 0 Å². The number of rotatable bonds is 6. The van der Waals surface area contributed by atoms with Crippen LogP contribution in [0.2, 0.25) is 5.02 Å². The number of hydrogen-bond donors (Lipinski definition) is 1. The molecule has 32 heavy (non-hydrogen) atoms. The summed E-state index contributed by atoms with van der Waals surface area (Å²) >= 11 is 8.61. The lowest BCUT2D eigenvalue weighted by atomic mass is 9.98. The van der Waals surface area contributed by atoms with Crippen molar-refractivity contribution >= 4 is 33.2 Å². The number of halogens is 1. The van der Waals surface area contributed by atoms with Crippen LogP contribution in [0.4, 0.5) is 0 Å². The van der Waals surface area contributed by atoms with Crippen LogP contribution in [0.15, 0.2) is 29.6 Å². The molecule has 2 saturated heterocycles. The van der Waals surface area contributed by atoms with E-state index in [-0.39, 0.29) is 6.04 Å². The second-order valence-electron chi connectivity index (χ2n) is 9.49. The normalized spacial score (nSPS) is 28.3. The van der Waals surface area contributed by atoms with Crippen molar-refractivity contribution in [2.75, 3.05) is 26.8 Å². The Balaban J connectivity index is 1.27. The van der Waals surface area contributed by atoms with Crippen LogP contribution in [0.5, 0.6) is 0 Å². The predicted octanol–water partition coefficient (Wildman–Crippen LogP) is 5.05. The highest BCUT2D eigenvalue weighted by Gasteiger charge is 2.44. The zero-order valence-corrected chi connectivity index (χ0v) is 20.1. The number of aromatic nitrogens is 2. The van der Waals surface area contributed by atoms with Crippen molar-refractivity contribution in [2.45, 2.75) is 56.1 Å². The Morgan fingerprint density at radius 2 is 2.00 bits per heavy atom. The molecule has 1 saturated carbocycles. The van der Waals surface area contributed by atoms with Gasteiger partial charge in [-0.3, -0.25) is 4.90 Å². The Morgan fingerprint density at radius 1 is 1.19 bits per heavy atom. The number of nitrogens with one attached hydrogen (secondary N) is 1. The fourth-order valence-corrected chi connectivity index (χ4v) is 7.14. The highest BCUT2D eigenvalue weighted by molar-refractivity contribution is 7.16. The molecule has 3 aliphatic rings. The Hall–Kier alpha value is -1.57.